The molecule has 0 atom stereocenters. The number of halogens is 1. The van der Waals surface area contributed by atoms with E-state index in [4.69, 9.17) is 11.6 Å². The van der Waals surface area contributed by atoms with Crippen molar-refractivity contribution in [1.29, 1.82) is 0 Å². The van der Waals surface area contributed by atoms with Crippen LogP contribution >= 0.6 is 34.7 Å². The smallest absolute Gasteiger partial charge is 0.107 e. The fourth-order valence-corrected chi connectivity index (χ4v) is 4.10. The molecule has 0 N–H and O–H groups in total. The maximum absolute atomic E-state index is 5.77. The molecule has 2 rings (SSSR count). The van der Waals surface area contributed by atoms with Gasteiger partial charge in [0.2, 0.25) is 0 Å². The van der Waals surface area contributed by atoms with Crippen molar-refractivity contribution in [2.24, 2.45) is 0 Å². The number of thioether (sulfide) groups is 1. The topological polar surface area (TPSA) is 16.1 Å². The van der Waals surface area contributed by atoms with Gasteiger partial charge in [0.1, 0.15) is 5.01 Å². The number of thiazole rings is 1. The zero-order valence-electron chi connectivity index (χ0n) is 10.4. The van der Waals surface area contributed by atoms with E-state index < -0.39 is 0 Å². The Morgan fingerprint density at radius 2 is 2.29 bits per heavy atom. The summed E-state index contributed by atoms with van der Waals surface area (Å²) in [5.41, 5.74) is 1.01. The van der Waals surface area contributed by atoms with Crippen LogP contribution in [0.15, 0.2) is 5.38 Å². The van der Waals surface area contributed by atoms with E-state index in [1.165, 1.54) is 30.3 Å². The average molecular weight is 291 g/mol. The Balaban J connectivity index is 1.90. The molecule has 1 aliphatic rings. The van der Waals surface area contributed by atoms with Crippen molar-refractivity contribution in [3.05, 3.63) is 16.1 Å². The number of rotatable bonds is 3. The zero-order valence-corrected chi connectivity index (χ0v) is 12.8. The van der Waals surface area contributed by atoms with E-state index in [2.05, 4.69) is 40.9 Å². The highest BCUT2D eigenvalue weighted by atomic mass is 35.5. The number of alkyl halides is 1. The first-order valence-corrected chi connectivity index (χ1v) is 8.34. The summed E-state index contributed by atoms with van der Waals surface area (Å²) in [5.74, 6) is 1.75. The van der Waals surface area contributed by atoms with Crippen LogP contribution in [0.2, 0.25) is 0 Å². The van der Waals surface area contributed by atoms with Gasteiger partial charge in [-0.2, -0.15) is 11.8 Å². The van der Waals surface area contributed by atoms with Crippen LogP contribution in [0.1, 0.15) is 31.0 Å². The lowest BCUT2D eigenvalue weighted by molar-refractivity contribution is 0.276. The minimum absolute atomic E-state index is 0.429. The first-order chi connectivity index (χ1) is 8.09. The van der Waals surface area contributed by atoms with Crippen LogP contribution in [0.4, 0.5) is 0 Å². The number of hydrogen-bond acceptors (Lipinski definition) is 4. The highest BCUT2D eigenvalue weighted by Gasteiger charge is 2.23. The summed E-state index contributed by atoms with van der Waals surface area (Å²) in [6, 6.07) is 0. The van der Waals surface area contributed by atoms with Crippen molar-refractivity contribution in [2.75, 3.05) is 18.8 Å². The van der Waals surface area contributed by atoms with Gasteiger partial charge in [-0.15, -0.1) is 22.9 Å². The Labute approximate surface area is 117 Å². The molecule has 5 heteroatoms. The predicted molar refractivity (Wildman–Crippen MR) is 78.1 cm³/mol. The minimum atomic E-state index is 0.429. The van der Waals surface area contributed by atoms with Gasteiger partial charge in [-0.1, -0.05) is 13.8 Å². The first-order valence-electron chi connectivity index (χ1n) is 5.95. The monoisotopic (exact) mass is 290 g/mol. The van der Waals surface area contributed by atoms with Gasteiger partial charge >= 0.3 is 0 Å². The van der Waals surface area contributed by atoms with Crippen molar-refractivity contribution >= 4 is 34.7 Å². The van der Waals surface area contributed by atoms with Crippen molar-refractivity contribution < 1.29 is 0 Å². The molecule has 0 aliphatic carbocycles. The number of nitrogens with zero attached hydrogens (tertiary/aromatic N) is 2. The molecule has 2 heterocycles. The SMILES string of the molecule is CC1(C)CCN(Cc2nc(CCl)cs2)CCS1. The molecule has 0 unspecified atom stereocenters. The van der Waals surface area contributed by atoms with E-state index in [9.17, 15) is 0 Å². The molecule has 0 aromatic carbocycles. The Bertz CT molecular complexity index is 365. The van der Waals surface area contributed by atoms with E-state index in [0.717, 1.165) is 12.2 Å². The van der Waals surface area contributed by atoms with Gasteiger partial charge in [-0.25, -0.2) is 4.98 Å². The molecule has 96 valence electrons. The van der Waals surface area contributed by atoms with Gasteiger partial charge in [-0.05, 0) is 13.0 Å². The molecule has 1 saturated heterocycles. The van der Waals surface area contributed by atoms with Crippen LogP contribution in [0, 0.1) is 0 Å². The normalized spacial score (nSPS) is 21.4. The first kappa shape index (κ1) is 13.7. The number of hydrogen-bond donors (Lipinski definition) is 0. The zero-order chi connectivity index (χ0) is 12.3. The molecule has 0 saturated carbocycles. The van der Waals surface area contributed by atoms with E-state index >= 15 is 0 Å². The Hall–Kier alpha value is 0.230. The van der Waals surface area contributed by atoms with Gasteiger partial charge in [0, 0.05) is 22.4 Å². The van der Waals surface area contributed by atoms with Gasteiger partial charge < -0.3 is 0 Å². The third-order valence-corrected chi connectivity index (χ3v) is 5.55. The summed E-state index contributed by atoms with van der Waals surface area (Å²) >= 11 is 9.59. The summed E-state index contributed by atoms with van der Waals surface area (Å²) in [6.45, 7) is 8.02. The van der Waals surface area contributed by atoms with E-state index in [0.29, 0.717) is 10.6 Å². The summed E-state index contributed by atoms with van der Waals surface area (Å²) in [6.07, 6.45) is 1.26. The standard InChI is InChI=1S/C12H19ClN2S2/c1-12(2)3-4-15(5-6-17-12)8-11-14-10(7-13)9-16-11/h9H,3-8H2,1-2H3. The predicted octanol–water partition coefficient (Wildman–Crippen LogP) is 3.60. The van der Waals surface area contributed by atoms with Gasteiger partial charge in [0.05, 0.1) is 18.1 Å². The second-order valence-electron chi connectivity index (χ2n) is 5.00. The molecular weight excluding hydrogens is 272 g/mol. The lowest BCUT2D eigenvalue weighted by Crippen LogP contribution is -2.26. The Kier molecular flexibility index (Phi) is 4.75. The van der Waals surface area contributed by atoms with Crippen LogP contribution in [-0.4, -0.2) is 33.5 Å². The van der Waals surface area contributed by atoms with Crippen LogP contribution < -0.4 is 0 Å². The van der Waals surface area contributed by atoms with Gasteiger partial charge in [-0.3, -0.25) is 4.90 Å². The minimum Gasteiger partial charge on any atom is -0.296 e. The third kappa shape index (κ3) is 4.12. The van der Waals surface area contributed by atoms with Crippen LogP contribution in [0.25, 0.3) is 0 Å². The fraction of sp³-hybridized carbons (Fsp3) is 0.750. The van der Waals surface area contributed by atoms with Crippen LogP contribution in [-0.2, 0) is 12.4 Å². The molecule has 17 heavy (non-hydrogen) atoms. The molecule has 0 amide bonds. The molecule has 0 bridgehead atoms. The molecule has 0 radical (unpaired) electrons. The largest absolute Gasteiger partial charge is 0.296 e. The quantitative estimate of drug-likeness (QED) is 0.791. The molecule has 1 aromatic heterocycles. The van der Waals surface area contributed by atoms with Crippen LogP contribution in [0.5, 0.6) is 0 Å². The maximum Gasteiger partial charge on any atom is 0.107 e. The molecular formula is C12H19ClN2S2. The average Bonchev–Trinajstić information content (AvgIpc) is 2.66. The number of aromatic nitrogens is 1. The van der Waals surface area contributed by atoms with Crippen molar-refractivity contribution in [3.63, 3.8) is 0 Å². The second-order valence-corrected chi connectivity index (χ2v) is 8.01. The van der Waals surface area contributed by atoms with Gasteiger partial charge in [0.15, 0.2) is 0 Å². The Morgan fingerprint density at radius 1 is 1.47 bits per heavy atom. The van der Waals surface area contributed by atoms with E-state index in [1.807, 2.05) is 0 Å². The van der Waals surface area contributed by atoms with Crippen molar-refractivity contribution in [3.8, 4) is 0 Å². The molecule has 1 fully saturated rings. The fourth-order valence-electron chi connectivity index (χ4n) is 1.89. The highest BCUT2D eigenvalue weighted by molar-refractivity contribution is 8.00. The molecule has 1 aliphatic heterocycles. The van der Waals surface area contributed by atoms with E-state index in [-0.39, 0.29) is 0 Å². The lowest BCUT2D eigenvalue weighted by atomic mass is 10.1. The molecule has 2 nitrogen and oxygen atoms in total. The van der Waals surface area contributed by atoms with E-state index in [1.54, 1.807) is 11.3 Å². The summed E-state index contributed by atoms with van der Waals surface area (Å²) in [7, 11) is 0. The molecule has 0 spiro atoms. The van der Waals surface area contributed by atoms with Crippen molar-refractivity contribution in [1.82, 2.24) is 9.88 Å². The summed E-state index contributed by atoms with van der Waals surface area (Å²) in [4.78, 5) is 7.04. The Morgan fingerprint density at radius 3 is 3.00 bits per heavy atom. The third-order valence-electron chi connectivity index (χ3n) is 3.03. The summed E-state index contributed by atoms with van der Waals surface area (Å²) in [5, 5.41) is 3.27. The second kappa shape index (κ2) is 5.91. The van der Waals surface area contributed by atoms with Crippen LogP contribution in [0.3, 0.4) is 0 Å². The lowest BCUT2D eigenvalue weighted by Gasteiger charge is -2.21. The molecule has 1 aromatic rings. The van der Waals surface area contributed by atoms with Gasteiger partial charge in [0.25, 0.3) is 0 Å². The van der Waals surface area contributed by atoms with Crippen molar-refractivity contribution in [2.45, 2.75) is 37.4 Å². The summed E-state index contributed by atoms with van der Waals surface area (Å²) < 4.78 is 0.429. The highest BCUT2D eigenvalue weighted by Crippen LogP contribution is 2.31. The maximum atomic E-state index is 5.77.